The Morgan fingerprint density at radius 2 is 1.76 bits per heavy atom. The van der Waals surface area contributed by atoms with Crippen LogP contribution in [-0.2, 0) is 23.0 Å². The third-order valence-electron chi connectivity index (χ3n) is 3.16. The van der Waals surface area contributed by atoms with Crippen molar-refractivity contribution in [3.05, 3.63) is 64.2 Å². The molecule has 2 aromatic rings. The lowest BCUT2D eigenvalue weighted by Crippen LogP contribution is -2.02. The van der Waals surface area contributed by atoms with Gasteiger partial charge in [-0.05, 0) is 35.7 Å². The molecule has 0 fully saturated rings. The Morgan fingerprint density at radius 1 is 1.14 bits per heavy atom. The maximum Gasteiger partial charge on any atom is 0.337 e. The van der Waals surface area contributed by atoms with Crippen LogP contribution >= 0.6 is 11.6 Å². The Bertz CT molecular complexity index is 680. The molecule has 2 rings (SSSR count). The zero-order valence-electron chi connectivity index (χ0n) is 11.5. The Morgan fingerprint density at radius 3 is 2.33 bits per heavy atom. The highest BCUT2D eigenvalue weighted by Gasteiger charge is 2.13. The van der Waals surface area contributed by atoms with E-state index in [1.807, 2.05) is 24.3 Å². The molecule has 110 valence electrons. The lowest BCUT2D eigenvalue weighted by atomic mass is 10.1. The molecule has 0 aliphatic carbocycles. The van der Waals surface area contributed by atoms with E-state index in [9.17, 15) is 9.00 Å². The molecule has 5 heteroatoms. The molecule has 0 bridgehead atoms. The predicted octanol–water partition coefficient (Wildman–Crippen LogP) is 3.91. The summed E-state index contributed by atoms with van der Waals surface area (Å²) in [5, 5.41) is 9.18. The van der Waals surface area contributed by atoms with Gasteiger partial charge >= 0.3 is 5.97 Å². The van der Waals surface area contributed by atoms with E-state index in [1.165, 1.54) is 17.7 Å². The minimum Gasteiger partial charge on any atom is -0.478 e. The highest BCUT2D eigenvalue weighted by molar-refractivity contribution is 7.84. The van der Waals surface area contributed by atoms with E-state index < -0.39 is 16.8 Å². The molecule has 1 unspecified atom stereocenters. The Labute approximate surface area is 131 Å². The molecule has 0 saturated carbocycles. The van der Waals surface area contributed by atoms with Crippen LogP contribution in [0, 0.1) is 0 Å². The van der Waals surface area contributed by atoms with Crippen LogP contribution in [0.15, 0.2) is 47.4 Å². The molecule has 0 radical (unpaired) electrons. The van der Waals surface area contributed by atoms with Crippen molar-refractivity contribution in [1.29, 1.82) is 0 Å². The molecule has 21 heavy (non-hydrogen) atoms. The van der Waals surface area contributed by atoms with Crippen molar-refractivity contribution >= 4 is 28.4 Å². The number of carboxylic acids is 1. The molecule has 1 N–H and O–H groups in total. The molecule has 0 saturated heterocycles. The summed E-state index contributed by atoms with van der Waals surface area (Å²) in [6.07, 6.45) is 0.961. The van der Waals surface area contributed by atoms with E-state index in [1.54, 1.807) is 6.07 Å². The van der Waals surface area contributed by atoms with Crippen LogP contribution in [0.4, 0.5) is 0 Å². The van der Waals surface area contributed by atoms with Crippen LogP contribution in [0.25, 0.3) is 0 Å². The second-order valence-corrected chi connectivity index (χ2v) is 6.47. The third-order valence-corrected chi connectivity index (χ3v) is 4.86. The summed E-state index contributed by atoms with van der Waals surface area (Å²) in [6, 6.07) is 12.4. The normalized spacial score (nSPS) is 12.1. The lowest BCUT2D eigenvalue weighted by Gasteiger charge is -2.06. The average molecular weight is 323 g/mol. The Balaban J connectivity index is 2.19. The minimum absolute atomic E-state index is 0.0242. The zero-order chi connectivity index (χ0) is 15.4. The van der Waals surface area contributed by atoms with Gasteiger partial charge in [0, 0.05) is 4.90 Å². The second-order valence-electron chi connectivity index (χ2n) is 4.61. The smallest absolute Gasteiger partial charge is 0.337 e. The van der Waals surface area contributed by atoms with Gasteiger partial charge in [0.25, 0.3) is 0 Å². The van der Waals surface area contributed by atoms with Gasteiger partial charge in [-0.15, -0.1) is 0 Å². The van der Waals surface area contributed by atoms with Gasteiger partial charge in [-0.1, -0.05) is 42.8 Å². The third kappa shape index (κ3) is 3.93. The van der Waals surface area contributed by atoms with Gasteiger partial charge in [-0.2, -0.15) is 0 Å². The van der Waals surface area contributed by atoms with Crippen molar-refractivity contribution in [3.63, 3.8) is 0 Å². The number of rotatable bonds is 5. The van der Waals surface area contributed by atoms with Gasteiger partial charge < -0.3 is 5.11 Å². The SMILES string of the molecule is CCc1ccc(CS(=O)c2ccc(Cl)c(C(=O)O)c2)cc1. The first-order valence-corrected chi connectivity index (χ1v) is 8.20. The maximum atomic E-state index is 12.3. The number of aryl methyl sites for hydroxylation is 1. The molecule has 0 amide bonds. The predicted molar refractivity (Wildman–Crippen MR) is 84.3 cm³/mol. The van der Waals surface area contributed by atoms with Crippen molar-refractivity contribution in [1.82, 2.24) is 0 Å². The van der Waals surface area contributed by atoms with E-state index in [0.29, 0.717) is 10.6 Å². The Hall–Kier alpha value is -1.65. The first-order chi connectivity index (χ1) is 10.0. The van der Waals surface area contributed by atoms with Crippen LogP contribution in [0.5, 0.6) is 0 Å². The molecule has 0 spiro atoms. The molecular weight excluding hydrogens is 308 g/mol. The number of carbonyl (C=O) groups is 1. The lowest BCUT2D eigenvalue weighted by molar-refractivity contribution is 0.0697. The van der Waals surface area contributed by atoms with E-state index in [4.69, 9.17) is 16.7 Å². The summed E-state index contributed by atoms with van der Waals surface area (Å²) in [7, 11) is -1.30. The molecule has 0 aliphatic heterocycles. The topological polar surface area (TPSA) is 54.4 Å². The number of aromatic carboxylic acids is 1. The zero-order valence-corrected chi connectivity index (χ0v) is 13.1. The van der Waals surface area contributed by atoms with Crippen LogP contribution in [0.3, 0.4) is 0 Å². The van der Waals surface area contributed by atoms with Gasteiger partial charge in [0.05, 0.1) is 27.1 Å². The number of benzene rings is 2. The first-order valence-electron chi connectivity index (χ1n) is 6.50. The summed E-state index contributed by atoms with van der Waals surface area (Å²) in [5.41, 5.74) is 2.16. The largest absolute Gasteiger partial charge is 0.478 e. The second kappa shape index (κ2) is 6.87. The van der Waals surface area contributed by atoms with E-state index in [2.05, 4.69) is 6.92 Å². The fourth-order valence-electron chi connectivity index (χ4n) is 1.92. The molecule has 0 aromatic heterocycles. The monoisotopic (exact) mass is 322 g/mol. The maximum absolute atomic E-state index is 12.3. The fourth-order valence-corrected chi connectivity index (χ4v) is 3.25. The Kier molecular flexibility index (Phi) is 5.15. The summed E-state index contributed by atoms with van der Waals surface area (Å²) in [4.78, 5) is 11.5. The number of hydrogen-bond acceptors (Lipinski definition) is 2. The van der Waals surface area contributed by atoms with Crippen LogP contribution < -0.4 is 0 Å². The summed E-state index contributed by atoms with van der Waals surface area (Å²) >= 11 is 5.81. The molecule has 1 atom stereocenters. The van der Waals surface area contributed by atoms with Gasteiger partial charge in [-0.25, -0.2) is 4.79 Å². The number of halogens is 1. The molecule has 0 heterocycles. The average Bonchev–Trinajstić information content (AvgIpc) is 2.48. The van der Waals surface area contributed by atoms with Gasteiger partial charge in [0.1, 0.15) is 0 Å². The van der Waals surface area contributed by atoms with Crippen molar-refractivity contribution in [2.24, 2.45) is 0 Å². The molecule has 2 aromatic carbocycles. The van der Waals surface area contributed by atoms with Gasteiger partial charge in [0.15, 0.2) is 0 Å². The quantitative estimate of drug-likeness (QED) is 0.908. The summed E-state index contributed by atoms with van der Waals surface area (Å²) < 4.78 is 12.3. The standard InChI is InChI=1S/C16H15ClO3S/c1-2-11-3-5-12(6-4-11)10-21(20)13-7-8-15(17)14(9-13)16(18)19/h3-9H,2,10H2,1H3,(H,18,19). The highest BCUT2D eigenvalue weighted by atomic mass is 35.5. The van der Waals surface area contributed by atoms with Crippen LogP contribution in [0.1, 0.15) is 28.4 Å². The molecular formula is C16H15ClO3S. The number of hydrogen-bond donors (Lipinski definition) is 1. The molecule has 0 aliphatic rings. The van der Waals surface area contributed by atoms with Gasteiger partial charge in [-0.3, -0.25) is 4.21 Å². The van der Waals surface area contributed by atoms with E-state index in [0.717, 1.165) is 12.0 Å². The van der Waals surface area contributed by atoms with Crippen LogP contribution in [0.2, 0.25) is 5.02 Å². The summed E-state index contributed by atoms with van der Waals surface area (Å²) in [6.45, 7) is 2.08. The van der Waals surface area contributed by atoms with Crippen LogP contribution in [-0.4, -0.2) is 15.3 Å². The highest BCUT2D eigenvalue weighted by Crippen LogP contribution is 2.21. The molecule has 3 nitrogen and oxygen atoms in total. The van der Waals surface area contributed by atoms with Crippen molar-refractivity contribution in [2.45, 2.75) is 24.0 Å². The van der Waals surface area contributed by atoms with Crippen molar-refractivity contribution in [3.8, 4) is 0 Å². The number of carboxylic acid groups (broad SMARTS) is 1. The van der Waals surface area contributed by atoms with Crippen molar-refractivity contribution in [2.75, 3.05) is 0 Å². The van der Waals surface area contributed by atoms with Crippen molar-refractivity contribution < 1.29 is 14.1 Å². The fraction of sp³-hybridized carbons (Fsp3) is 0.188. The summed E-state index contributed by atoms with van der Waals surface area (Å²) in [5.74, 6) is -0.767. The first kappa shape index (κ1) is 15.7. The van der Waals surface area contributed by atoms with Gasteiger partial charge in [0.2, 0.25) is 0 Å². The van der Waals surface area contributed by atoms with E-state index in [-0.39, 0.29) is 10.6 Å². The van der Waals surface area contributed by atoms with E-state index >= 15 is 0 Å². The minimum atomic E-state index is -1.30.